The lowest BCUT2D eigenvalue weighted by Gasteiger charge is -2.22. The van der Waals surface area contributed by atoms with Crippen LogP contribution in [0.15, 0.2) is 67.3 Å². The van der Waals surface area contributed by atoms with Gasteiger partial charge in [0.1, 0.15) is 0 Å². The number of amides is 2. The van der Waals surface area contributed by atoms with Gasteiger partial charge in [0.15, 0.2) is 0 Å². The zero-order valence-electron chi connectivity index (χ0n) is 13.7. The van der Waals surface area contributed by atoms with E-state index in [1.54, 1.807) is 36.2 Å². The summed E-state index contributed by atoms with van der Waals surface area (Å²) in [6.45, 7) is 4.21. The van der Waals surface area contributed by atoms with Gasteiger partial charge in [-0.25, -0.2) is 0 Å². The Morgan fingerprint density at radius 1 is 1.08 bits per heavy atom. The van der Waals surface area contributed by atoms with E-state index in [1.807, 2.05) is 36.4 Å². The maximum absolute atomic E-state index is 12.6. The highest BCUT2D eigenvalue weighted by molar-refractivity contribution is 6.01. The summed E-state index contributed by atoms with van der Waals surface area (Å²) < 4.78 is 0. The number of carbonyl (C=O) groups is 2. The SMILES string of the molecule is C=CCN(C(=O)CNc1ccccc1C(=O)NC)c1ccccc1. The van der Waals surface area contributed by atoms with Gasteiger partial charge in [0.25, 0.3) is 5.91 Å². The molecule has 5 heteroatoms. The summed E-state index contributed by atoms with van der Waals surface area (Å²) >= 11 is 0. The van der Waals surface area contributed by atoms with Crippen molar-refractivity contribution in [3.8, 4) is 0 Å². The van der Waals surface area contributed by atoms with E-state index in [2.05, 4.69) is 17.2 Å². The molecule has 2 amide bonds. The molecule has 0 heterocycles. The first-order valence-corrected chi connectivity index (χ1v) is 7.68. The largest absolute Gasteiger partial charge is 0.375 e. The molecule has 124 valence electrons. The Hall–Kier alpha value is -3.08. The second-order valence-electron chi connectivity index (χ2n) is 5.11. The van der Waals surface area contributed by atoms with Crippen molar-refractivity contribution in [1.29, 1.82) is 0 Å². The molecule has 0 aliphatic heterocycles. The Kier molecular flexibility index (Phi) is 6.14. The molecular formula is C19H21N3O2. The van der Waals surface area contributed by atoms with E-state index >= 15 is 0 Å². The minimum atomic E-state index is -0.198. The molecule has 0 unspecified atom stereocenters. The highest BCUT2D eigenvalue weighted by Crippen LogP contribution is 2.16. The van der Waals surface area contributed by atoms with Crippen LogP contribution in [0.3, 0.4) is 0 Å². The second-order valence-corrected chi connectivity index (χ2v) is 5.11. The van der Waals surface area contributed by atoms with Crippen LogP contribution in [0.1, 0.15) is 10.4 Å². The number of hydrogen-bond acceptors (Lipinski definition) is 3. The molecule has 0 aliphatic rings. The fraction of sp³-hybridized carbons (Fsp3) is 0.158. The summed E-state index contributed by atoms with van der Waals surface area (Å²) in [5, 5.41) is 5.64. The van der Waals surface area contributed by atoms with Crippen LogP contribution in [0.2, 0.25) is 0 Å². The van der Waals surface area contributed by atoms with Crippen molar-refractivity contribution in [2.24, 2.45) is 0 Å². The summed E-state index contributed by atoms with van der Waals surface area (Å²) in [4.78, 5) is 26.1. The Labute approximate surface area is 142 Å². The molecule has 2 rings (SSSR count). The lowest BCUT2D eigenvalue weighted by atomic mass is 10.1. The summed E-state index contributed by atoms with van der Waals surface area (Å²) in [5.74, 6) is -0.302. The van der Waals surface area contributed by atoms with Crippen LogP contribution in [0, 0.1) is 0 Å². The van der Waals surface area contributed by atoms with Gasteiger partial charge in [-0.05, 0) is 24.3 Å². The number of nitrogens with zero attached hydrogens (tertiary/aromatic N) is 1. The molecule has 0 aromatic heterocycles. The Bertz CT molecular complexity index is 714. The Morgan fingerprint density at radius 2 is 1.75 bits per heavy atom. The average molecular weight is 323 g/mol. The van der Waals surface area contributed by atoms with Crippen LogP contribution in [-0.2, 0) is 4.79 Å². The van der Waals surface area contributed by atoms with Gasteiger partial charge >= 0.3 is 0 Å². The lowest BCUT2D eigenvalue weighted by molar-refractivity contribution is -0.116. The third kappa shape index (κ3) is 4.23. The smallest absolute Gasteiger partial charge is 0.253 e. The van der Waals surface area contributed by atoms with Gasteiger partial charge in [0.2, 0.25) is 5.91 Å². The topological polar surface area (TPSA) is 61.4 Å². The number of para-hydroxylation sites is 2. The third-order valence-corrected chi connectivity index (χ3v) is 3.51. The summed E-state index contributed by atoms with van der Waals surface area (Å²) in [6, 6.07) is 16.5. The molecule has 2 N–H and O–H groups in total. The first-order valence-electron chi connectivity index (χ1n) is 7.68. The monoisotopic (exact) mass is 323 g/mol. The van der Waals surface area contributed by atoms with Gasteiger partial charge < -0.3 is 15.5 Å². The standard InChI is InChI=1S/C19H21N3O2/c1-3-13-22(15-9-5-4-6-10-15)18(23)14-21-17-12-8-7-11-16(17)19(24)20-2/h3-12,21H,1,13-14H2,2H3,(H,20,24). The van der Waals surface area contributed by atoms with E-state index in [0.717, 1.165) is 5.69 Å². The molecule has 0 atom stereocenters. The number of rotatable bonds is 7. The highest BCUT2D eigenvalue weighted by Gasteiger charge is 2.15. The van der Waals surface area contributed by atoms with Gasteiger partial charge in [-0.15, -0.1) is 6.58 Å². The van der Waals surface area contributed by atoms with Crippen LogP contribution in [0.5, 0.6) is 0 Å². The molecule has 5 nitrogen and oxygen atoms in total. The van der Waals surface area contributed by atoms with E-state index in [4.69, 9.17) is 0 Å². The van der Waals surface area contributed by atoms with E-state index in [9.17, 15) is 9.59 Å². The van der Waals surface area contributed by atoms with Crippen molar-refractivity contribution in [3.05, 3.63) is 72.8 Å². The molecule has 0 radical (unpaired) electrons. The maximum atomic E-state index is 12.6. The third-order valence-electron chi connectivity index (χ3n) is 3.51. The van der Waals surface area contributed by atoms with Gasteiger partial charge in [-0.2, -0.15) is 0 Å². The molecule has 2 aromatic carbocycles. The van der Waals surface area contributed by atoms with E-state index in [0.29, 0.717) is 17.8 Å². The maximum Gasteiger partial charge on any atom is 0.253 e. The Balaban J connectivity index is 2.12. The van der Waals surface area contributed by atoms with Crippen molar-refractivity contribution >= 4 is 23.2 Å². The number of nitrogens with one attached hydrogen (secondary N) is 2. The molecule has 0 spiro atoms. The van der Waals surface area contributed by atoms with Crippen LogP contribution in [0.4, 0.5) is 11.4 Å². The van der Waals surface area contributed by atoms with Crippen LogP contribution in [-0.4, -0.2) is 32.0 Å². The van der Waals surface area contributed by atoms with E-state index < -0.39 is 0 Å². The zero-order chi connectivity index (χ0) is 17.4. The Morgan fingerprint density at radius 3 is 2.42 bits per heavy atom. The van der Waals surface area contributed by atoms with Crippen LogP contribution in [0.25, 0.3) is 0 Å². The molecule has 0 saturated heterocycles. The molecule has 0 fully saturated rings. The average Bonchev–Trinajstić information content (AvgIpc) is 2.64. The minimum Gasteiger partial charge on any atom is -0.375 e. The number of benzene rings is 2. The van der Waals surface area contributed by atoms with E-state index in [-0.39, 0.29) is 18.4 Å². The first kappa shape index (κ1) is 17.3. The number of hydrogen-bond donors (Lipinski definition) is 2. The second kappa shape index (κ2) is 8.53. The zero-order valence-corrected chi connectivity index (χ0v) is 13.7. The van der Waals surface area contributed by atoms with Crippen molar-refractivity contribution in [3.63, 3.8) is 0 Å². The first-order chi connectivity index (χ1) is 11.7. The quantitative estimate of drug-likeness (QED) is 0.770. The normalized spacial score (nSPS) is 9.88. The van der Waals surface area contributed by atoms with Crippen LogP contribution < -0.4 is 15.5 Å². The van der Waals surface area contributed by atoms with E-state index in [1.165, 1.54) is 0 Å². The van der Waals surface area contributed by atoms with Gasteiger partial charge in [0, 0.05) is 25.0 Å². The molecule has 0 bridgehead atoms. The van der Waals surface area contributed by atoms with Gasteiger partial charge in [-0.1, -0.05) is 36.4 Å². The van der Waals surface area contributed by atoms with Crippen molar-refractivity contribution in [2.75, 3.05) is 30.4 Å². The van der Waals surface area contributed by atoms with Gasteiger partial charge in [-0.3, -0.25) is 9.59 Å². The highest BCUT2D eigenvalue weighted by atomic mass is 16.2. The molecule has 2 aromatic rings. The number of anilines is 2. The summed E-state index contributed by atoms with van der Waals surface area (Å²) in [7, 11) is 1.57. The lowest BCUT2D eigenvalue weighted by Crippen LogP contribution is -2.36. The van der Waals surface area contributed by atoms with Crippen molar-refractivity contribution in [1.82, 2.24) is 5.32 Å². The fourth-order valence-corrected chi connectivity index (χ4v) is 2.32. The molecular weight excluding hydrogens is 302 g/mol. The summed E-state index contributed by atoms with van der Waals surface area (Å²) in [6.07, 6.45) is 1.68. The molecule has 0 aliphatic carbocycles. The number of carbonyl (C=O) groups excluding carboxylic acids is 2. The van der Waals surface area contributed by atoms with Crippen molar-refractivity contribution in [2.45, 2.75) is 0 Å². The predicted octanol–water partition coefficient (Wildman–Crippen LogP) is 2.68. The fourth-order valence-electron chi connectivity index (χ4n) is 2.32. The molecule has 0 saturated carbocycles. The van der Waals surface area contributed by atoms with Crippen molar-refractivity contribution < 1.29 is 9.59 Å². The molecule has 24 heavy (non-hydrogen) atoms. The summed E-state index contributed by atoms with van der Waals surface area (Å²) in [5.41, 5.74) is 1.93. The predicted molar refractivity (Wildman–Crippen MR) is 97.3 cm³/mol. The van der Waals surface area contributed by atoms with Gasteiger partial charge in [0.05, 0.1) is 12.1 Å². The van der Waals surface area contributed by atoms with Crippen LogP contribution >= 0.6 is 0 Å². The minimum absolute atomic E-state index is 0.0801.